The van der Waals surface area contributed by atoms with Gasteiger partial charge in [0, 0.05) is 11.3 Å². The average Bonchev–Trinajstić information content (AvgIpc) is 3.32. The van der Waals surface area contributed by atoms with Crippen LogP contribution in [0.5, 0.6) is 5.75 Å². The molecule has 4 rings (SSSR count). The molecule has 0 unspecified atom stereocenters. The van der Waals surface area contributed by atoms with Gasteiger partial charge in [0.2, 0.25) is 0 Å². The molecule has 35 heavy (non-hydrogen) atoms. The number of rotatable bonds is 9. The van der Waals surface area contributed by atoms with E-state index in [4.69, 9.17) is 16.3 Å². The van der Waals surface area contributed by atoms with E-state index in [1.807, 2.05) is 89.5 Å². The van der Waals surface area contributed by atoms with Gasteiger partial charge < -0.3 is 4.74 Å². The molecule has 176 valence electrons. The van der Waals surface area contributed by atoms with E-state index in [9.17, 15) is 4.79 Å². The van der Waals surface area contributed by atoms with E-state index in [0.29, 0.717) is 16.0 Å². The zero-order valence-corrected chi connectivity index (χ0v) is 20.4. The Hall–Kier alpha value is -3.88. The Kier molecular flexibility index (Phi) is 8.32. The third-order valence-electron chi connectivity index (χ3n) is 4.81. The summed E-state index contributed by atoms with van der Waals surface area (Å²) in [7, 11) is 1.62. The van der Waals surface area contributed by atoms with Gasteiger partial charge in [-0.2, -0.15) is 5.10 Å². The maximum Gasteiger partial charge on any atom is 0.250 e. The molecule has 1 amide bonds. The van der Waals surface area contributed by atoms with Gasteiger partial charge in [-0.05, 0) is 48.0 Å². The first-order valence-corrected chi connectivity index (χ1v) is 12.0. The first kappa shape index (κ1) is 24.3. The number of allylic oxidation sites excluding steroid dienone is 1. The molecule has 0 radical (unpaired) electrons. The molecule has 0 bridgehead atoms. The maximum atomic E-state index is 12.4. The van der Waals surface area contributed by atoms with Crippen LogP contribution in [0, 0.1) is 0 Å². The second kappa shape index (κ2) is 12.0. The summed E-state index contributed by atoms with van der Waals surface area (Å²) < 4.78 is 7.17. The van der Waals surface area contributed by atoms with Crippen molar-refractivity contribution in [3.05, 3.63) is 95.5 Å². The van der Waals surface area contributed by atoms with E-state index in [1.54, 1.807) is 13.2 Å². The Labute approximate surface area is 212 Å². The Morgan fingerprint density at radius 2 is 1.71 bits per heavy atom. The topological polar surface area (TPSA) is 81.4 Å². The molecule has 9 heteroatoms. The Morgan fingerprint density at radius 1 is 1.03 bits per heavy atom. The third-order valence-corrected chi connectivity index (χ3v) is 5.95. The van der Waals surface area contributed by atoms with Crippen molar-refractivity contribution < 1.29 is 9.53 Å². The van der Waals surface area contributed by atoms with E-state index in [2.05, 4.69) is 20.7 Å². The molecule has 0 spiro atoms. The highest BCUT2D eigenvalue weighted by Gasteiger charge is 2.17. The van der Waals surface area contributed by atoms with Crippen LogP contribution >= 0.6 is 23.4 Å². The standard InChI is InChI=1S/C26H22ClN5O2S/c1-34-23-14-12-20(13-15-23)25-30-31-26(32(25)22-10-6-3-7-11-22)35-18-24(33)29-28-17-21(27)16-19-8-4-2-5-9-19/h2-17H,18H2,1H3,(H,29,33)/b21-16-,28-17+. The molecule has 1 aromatic heterocycles. The lowest BCUT2D eigenvalue weighted by molar-refractivity contribution is -0.118. The molecule has 1 N–H and O–H groups in total. The summed E-state index contributed by atoms with van der Waals surface area (Å²) >= 11 is 7.43. The molecule has 0 saturated heterocycles. The third kappa shape index (κ3) is 6.59. The number of hydrogen-bond donors (Lipinski definition) is 1. The van der Waals surface area contributed by atoms with Crippen LogP contribution < -0.4 is 10.2 Å². The molecule has 0 fully saturated rings. The highest BCUT2D eigenvalue weighted by Crippen LogP contribution is 2.28. The summed E-state index contributed by atoms with van der Waals surface area (Å²) in [5.74, 6) is 1.23. The fourth-order valence-electron chi connectivity index (χ4n) is 3.17. The first-order chi connectivity index (χ1) is 17.1. The summed E-state index contributed by atoms with van der Waals surface area (Å²) in [5, 5.41) is 13.6. The minimum absolute atomic E-state index is 0.102. The van der Waals surface area contributed by atoms with Gasteiger partial charge in [0.15, 0.2) is 11.0 Å². The number of thioether (sulfide) groups is 1. The van der Waals surface area contributed by atoms with Crippen LogP contribution in [0.1, 0.15) is 5.56 Å². The van der Waals surface area contributed by atoms with E-state index < -0.39 is 0 Å². The minimum Gasteiger partial charge on any atom is -0.497 e. The zero-order chi connectivity index (χ0) is 24.5. The molecule has 1 heterocycles. The van der Waals surface area contributed by atoms with Crippen LogP contribution in [-0.4, -0.2) is 39.7 Å². The van der Waals surface area contributed by atoms with Crippen molar-refractivity contribution in [1.82, 2.24) is 20.2 Å². The maximum absolute atomic E-state index is 12.4. The number of nitrogens with zero attached hydrogens (tertiary/aromatic N) is 4. The number of para-hydroxylation sites is 1. The molecular weight excluding hydrogens is 482 g/mol. The van der Waals surface area contributed by atoms with Gasteiger partial charge in [-0.1, -0.05) is 71.9 Å². The van der Waals surface area contributed by atoms with Gasteiger partial charge in [0.05, 0.1) is 24.1 Å². The first-order valence-electron chi connectivity index (χ1n) is 10.7. The van der Waals surface area contributed by atoms with E-state index in [0.717, 1.165) is 22.6 Å². The Bertz CT molecular complexity index is 1320. The van der Waals surface area contributed by atoms with Gasteiger partial charge in [-0.15, -0.1) is 10.2 Å². The SMILES string of the molecule is COc1ccc(-c2nnc(SCC(=O)N/N=C/C(Cl)=C/c3ccccc3)n2-c2ccccc2)cc1. The molecule has 3 aromatic carbocycles. The van der Waals surface area contributed by atoms with Gasteiger partial charge in [0.25, 0.3) is 5.91 Å². The normalized spacial score (nSPS) is 11.5. The monoisotopic (exact) mass is 503 g/mol. The largest absolute Gasteiger partial charge is 0.497 e. The number of benzene rings is 3. The number of amides is 1. The number of methoxy groups -OCH3 is 1. The summed E-state index contributed by atoms with van der Waals surface area (Å²) in [4.78, 5) is 12.4. The van der Waals surface area contributed by atoms with Crippen LogP contribution in [0.4, 0.5) is 0 Å². The highest BCUT2D eigenvalue weighted by atomic mass is 35.5. The van der Waals surface area contributed by atoms with Crippen LogP contribution in [0.2, 0.25) is 0 Å². The molecule has 0 atom stereocenters. The quantitative estimate of drug-likeness (QED) is 0.187. The Balaban J connectivity index is 1.45. The lowest BCUT2D eigenvalue weighted by Crippen LogP contribution is -2.19. The van der Waals surface area contributed by atoms with Crippen molar-refractivity contribution in [2.24, 2.45) is 5.10 Å². The van der Waals surface area contributed by atoms with Gasteiger partial charge in [-0.25, -0.2) is 5.43 Å². The Morgan fingerprint density at radius 3 is 2.40 bits per heavy atom. The molecule has 4 aromatic rings. The molecule has 0 aliphatic carbocycles. The molecule has 0 aliphatic rings. The second-order valence-corrected chi connectivity index (χ2v) is 8.61. The number of ether oxygens (including phenoxy) is 1. The second-order valence-electron chi connectivity index (χ2n) is 7.23. The van der Waals surface area contributed by atoms with Crippen molar-refractivity contribution in [2.45, 2.75) is 5.16 Å². The lowest BCUT2D eigenvalue weighted by atomic mass is 10.2. The fourth-order valence-corrected chi connectivity index (χ4v) is 4.09. The van der Waals surface area contributed by atoms with Crippen molar-refractivity contribution in [3.63, 3.8) is 0 Å². The predicted octanol–water partition coefficient (Wildman–Crippen LogP) is 5.42. The van der Waals surface area contributed by atoms with Gasteiger partial charge in [-0.3, -0.25) is 9.36 Å². The lowest BCUT2D eigenvalue weighted by Gasteiger charge is -2.10. The smallest absolute Gasteiger partial charge is 0.250 e. The van der Waals surface area contributed by atoms with E-state index in [-0.39, 0.29) is 11.7 Å². The predicted molar refractivity (Wildman–Crippen MR) is 141 cm³/mol. The molecule has 7 nitrogen and oxygen atoms in total. The number of nitrogens with one attached hydrogen (secondary N) is 1. The van der Waals surface area contributed by atoms with Crippen LogP contribution in [0.15, 0.2) is 100 Å². The molecule has 0 aliphatic heterocycles. The number of hydrogen-bond acceptors (Lipinski definition) is 6. The summed E-state index contributed by atoms with van der Waals surface area (Å²) in [5.41, 5.74) is 5.20. The number of carbonyl (C=O) groups is 1. The average molecular weight is 504 g/mol. The van der Waals surface area contributed by atoms with E-state index in [1.165, 1.54) is 18.0 Å². The fraction of sp³-hybridized carbons (Fsp3) is 0.0769. The van der Waals surface area contributed by atoms with Crippen molar-refractivity contribution in [3.8, 4) is 22.8 Å². The van der Waals surface area contributed by atoms with Crippen LogP contribution in [0.25, 0.3) is 23.2 Å². The van der Waals surface area contributed by atoms with E-state index >= 15 is 0 Å². The number of halogens is 1. The molecular formula is C26H22ClN5O2S. The summed E-state index contributed by atoms with van der Waals surface area (Å²) in [6.45, 7) is 0. The number of carbonyl (C=O) groups excluding carboxylic acids is 1. The van der Waals surface area contributed by atoms with Gasteiger partial charge in [0.1, 0.15) is 5.75 Å². The van der Waals surface area contributed by atoms with Gasteiger partial charge >= 0.3 is 0 Å². The zero-order valence-electron chi connectivity index (χ0n) is 18.8. The van der Waals surface area contributed by atoms with Crippen LogP contribution in [0.3, 0.4) is 0 Å². The van der Waals surface area contributed by atoms with Crippen LogP contribution in [-0.2, 0) is 4.79 Å². The number of hydrazone groups is 1. The summed E-state index contributed by atoms with van der Waals surface area (Å²) in [6, 6.07) is 26.9. The molecule has 0 saturated carbocycles. The summed E-state index contributed by atoms with van der Waals surface area (Å²) in [6.07, 6.45) is 3.15. The highest BCUT2D eigenvalue weighted by molar-refractivity contribution is 7.99. The number of aromatic nitrogens is 3. The van der Waals surface area contributed by atoms with Crippen molar-refractivity contribution in [2.75, 3.05) is 12.9 Å². The minimum atomic E-state index is -0.288. The van der Waals surface area contributed by atoms with Crippen molar-refractivity contribution >= 4 is 41.6 Å². The van der Waals surface area contributed by atoms with Crippen molar-refractivity contribution in [1.29, 1.82) is 0 Å².